The molecule has 1 saturated carbocycles. The van der Waals surface area contributed by atoms with Crippen molar-refractivity contribution in [3.63, 3.8) is 0 Å². The van der Waals surface area contributed by atoms with Crippen LogP contribution in [0.4, 0.5) is 5.69 Å². The van der Waals surface area contributed by atoms with Gasteiger partial charge in [0.2, 0.25) is 5.91 Å². The van der Waals surface area contributed by atoms with Crippen LogP contribution >= 0.6 is 27.7 Å². The molecule has 8 heteroatoms. The maximum atomic E-state index is 12.4. The summed E-state index contributed by atoms with van der Waals surface area (Å²) in [6, 6.07) is 5.66. The Kier molecular flexibility index (Phi) is 6.16. The molecule has 0 spiro atoms. The van der Waals surface area contributed by atoms with Crippen molar-refractivity contribution in [2.24, 2.45) is 0 Å². The third-order valence-electron chi connectivity index (χ3n) is 4.21. The minimum atomic E-state index is -0.485. The van der Waals surface area contributed by atoms with E-state index in [0.717, 1.165) is 34.4 Å². The van der Waals surface area contributed by atoms with E-state index in [0.29, 0.717) is 22.2 Å². The maximum absolute atomic E-state index is 12.4. The Morgan fingerprint density at radius 2 is 2.04 bits per heavy atom. The molecule has 2 aromatic rings. The normalized spacial score (nSPS) is 13.3. The van der Waals surface area contributed by atoms with Crippen LogP contribution in [0.2, 0.25) is 0 Å². The predicted octanol–water partition coefficient (Wildman–Crippen LogP) is 4.25. The zero-order chi connectivity index (χ0) is 19.6. The highest BCUT2D eigenvalue weighted by Gasteiger charge is 2.29. The van der Waals surface area contributed by atoms with E-state index in [1.54, 1.807) is 6.92 Å². The Morgan fingerprint density at radius 3 is 2.67 bits per heavy atom. The lowest BCUT2D eigenvalue weighted by atomic mass is 10.2. The molecule has 0 atom stereocenters. The number of carbonyl (C=O) groups excluding carboxylic acids is 2. The number of anilines is 1. The van der Waals surface area contributed by atoms with Crippen molar-refractivity contribution in [3.8, 4) is 0 Å². The van der Waals surface area contributed by atoms with Crippen LogP contribution in [0.5, 0.6) is 0 Å². The van der Waals surface area contributed by atoms with Crippen molar-refractivity contribution in [1.29, 1.82) is 0 Å². The summed E-state index contributed by atoms with van der Waals surface area (Å²) in [5.41, 5.74) is 2.64. The van der Waals surface area contributed by atoms with Crippen molar-refractivity contribution >= 4 is 45.3 Å². The minimum absolute atomic E-state index is 0.139. The molecule has 1 N–H and O–H groups in total. The summed E-state index contributed by atoms with van der Waals surface area (Å²) in [6.07, 6.45) is 2.12. The Labute approximate surface area is 170 Å². The smallest absolute Gasteiger partial charge is 0.342 e. The molecule has 6 nitrogen and oxygen atoms in total. The summed E-state index contributed by atoms with van der Waals surface area (Å²) in [5, 5.41) is 3.39. The standard InChI is InChI=1S/C19H20BrN3O3S/c1-10-8-13(20)6-7-14(10)22-15(24)9-27-18-16(19(25)26-3)11(2)21-17(23-18)12-4-5-12/h6-8,12H,4-5,9H2,1-3H3,(H,22,24). The van der Waals surface area contributed by atoms with Crippen LogP contribution in [-0.2, 0) is 9.53 Å². The molecule has 1 heterocycles. The molecule has 27 heavy (non-hydrogen) atoms. The van der Waals surface area contributed by atoms with Gasteiger partial charge in [0.15, 0.2) is 0 Å². The monoisotopic (exact) mass is 449 g/mol. The summed E-state index contributed by atoms with van der Waals surface area (Å²) in [5.74, 6) is 0.591. The highest BCUT2D eigenvalue weighted by atomic mass is 79.9. The first-order chi connectivity index (χ1) is 12.9. The van der Waals surface area contributed by atoms with Crippen LogP contribution in [0.15, 0.2) is 27.7 Å². The molecule has 3 rings (SSSR count). The number of benzene rings is 1. The largest absolute Gasteiger partial charge is 0.465 e. The number of ether oxygens (including phenoxy) is 1. The van der Waals surface area contributed by atoms with E-state index < -0.39 is 5.97 Å². The number of halogens is 1. The highest BCUT2D eigenvalue weighted by molar-refractivity contribution is 9.10. The van der Waals surface area contributed by atoms with Gasteiger partial charge in [0.1, 0.15) is 16.4 Å². The zero-order valence-electron chi connectivity index (χ0n) is 15.3. The lowest BCUT2D eigenvalue weighted by Crippen LogP contribution is -2.16. The van der Waals surface area contributed by atoms with Gasteiger partial charge in [-0.3, -0.25) is 4.79 Å². The number of amides is 1. The average Bonchev–Trinajstić information content (AvgIpc) is 3.46. The van der Waals surface area contributed by atoms with Crippen molar-refractivity contribution in [3.05, 3.63) is 45.3 Å². The van der Waals surface area contributed by atoms with Gasteiger partial charge in [-0.25, -0.2) is 14.8 Å². The zero-order valence-corrected chi connectivity index (χ0v) is 17.7. The van der Waals surface area contributed by atoms with Crippen LogP contribution in [0.3, 0.4) is 0 Å². The first-order valence-corrected chi connectivity index (χ1v) is 10.3. The first-order valence-electron chi connectivity index (χ1n) is 8.54. The minimum Gasteiger partial charge on any atom is -0.465 e. The van der Waals surface area contributed by atoms with Crippen LogP contribution in [0.1, 0.15) is 46.2 Å². The predicted molar refractivity (Wildman–Crippen MR) is 108 cm³/mol. The lowest BCUT2D eigenvalue weighted by molar-refractivity contribution is -0.113. The molecule has 1 fully saturated rings. The van der Waals surface area contributed by atoms with E-state index in [1.807, 2.05) is 25.1 Å². The second-order valence-corrected chi connectivity index (χ2v) is 8.29. The summed E-state index contributed by atoms with van der Waals surface area (Å²) in [7, 11) is 1.33. The second kappa shape index (κ2) is 8.39. The third-order valence-corrected chi connectivity index (χ3v) is 5.68. The van der Waals surface area contributed by atoms with Crippen LogP contribution in [0, 0.1) is 13.8 Å². The van der Waals surface area contributed by atoms with Crippen molar-refractivity contribution in [1.82, 2.24) is 9.97 Å². The Hall–Kier alpha value is -1.93. The molecule has 0 bridgehead atoms. The number of hydrogen-bond donors (Lipinski definition) is 1. The van der Waals surface area contributed by atoms with Crippen molar-refractivity contribution < 1.29 is 14.3 Å². The second-order valence-electron chi connectivity index (χ2n) is 6.41. The summed E-state index contributed by atoms with van der Waals surface area (Å²) < 4.78 is 5.82. The molecule has 1 aliphatic rings. The van der Waals surface area contributed by atoms with Gasteiger partial charge in [-0.05, 0) is 50.5 Å². The van der Waals surface area contributed by atoms with Gasteiger partial charge in [-0.15, -0.1) is 0 Å². The van der Waals surface area contributed by atoms with E-state index in [1.165, 1.54) is 18.9 Å². The number of aromatic nitrogens is 2. The number of nitrogens with zero attached hydrogens (tertiary/aromatic N) is 2. The van der Waals surface area contributed by atoms with Crippen LogP contribution in [0.25, 0.3) is 0 Å². The van der Waals surface area contributed by atoms with Gasteiger partial charge >= 0.3 is 5.97 Å². The van der Waals surface area contributed by atoms with E-state index in [9.17, 15) is 9.59 Å². The number of esters is 1. The van der Waals surface area contributed by atoms with E-state index in [-0.39, 0.29) is 11.7 Å². The van der Waals surface area contributed by atoms with Crippen LogP contribution < -0.4 is 5.32 Å². The summed E-state index contributed by atoms with van der Waals surface area (Å²) in [6.45, 7) is 3.70. The molecule has 1 amide bonds. The number of carbonyl (C=O) groups is 2. The maximum Gasteiger partial charge on any atom is 0.342 e. The van der Waals surface area contributed by atoms with E-state index in [4.69, 9.17) is 4.74 Å². The van der Waals surface area contributed by atoms with E-state index in [2.05, 4.69) is 31.2 Å². The molecular weight excluding hydrogens is 430 g/mol. The SMILES string of the molecule is COC(=O)c1c(C)nc(C2CC2)nc1SCC(=O)Nc1ccc(Br)cc1C. The van der Waals surface area contributed by atoms with Gasteiger partial charge in [0, 0.05) is 16.1 Å². The topological polar surface area (TPSA) is 81.2 Å². The van der Waals surface area contributed by atoms with Crippen molar-refractivity contribution in [2.75, 3.05) is 18.2 Å². The number of aryl methyl sites for hydroxylation is 2. The Bertz CT molecular complexity index is 900. The molecule has 142 valence electrons. The fourth-order valence-corrected chi connectivity index (χ4v) is 3.97. The molecule has 0 aliphatic heterocycles. The number of nitrogens with one attached hydrogen (secondary N) is 1. The third kappa shape index (κ3) is 4.87. The van der Waals surface area contributed by atoms with Gasteiger partial charge in [-0.2, -0.15) is 0 Å². The quantitative estimate of drug-likeness (QED) is 0.403. The number of thioether (sulfide) groups is 1. The van der Waals surface area contributed by atoms with Crippen LogP contribution in [-0.4, -0.2) is 34.7 Å². The van der Waals surface area contributed by atoms with Gasteiger partial charge < -0.3 is 10.1 Å². The number of methoxy groups -OCH3 is 1. The molecular formula is C19H20BrN3O3S. The molecule has 0 radical (unpaired) electrons. The summed E-state index contributed by atoms with van der Waals surface area (Å²) in [4.78, 5) is 33.5. The summed E-state index contributed by atoms with van der Waals surface area (Å²) >= 11 is 4.63. The molecule has 0 unspecified atom stereocenters. The van der Waals surface area contributed by atoms with Gasteiger partial charge in [0.25, 0.3) is 0 Å². The van der Waals surface area contributed by atoms with Gasteiger partial charge in [0.05, 0.1) is 18.6 Å². The molecule has 1 aromatic carbocycles. The lowest BCUT2D eigenvalue weighted by Gasteiger charge is -2.12. The van der Waals surface area contributed by atoms with Crippen molar-refractivity contribution in [2.45, 2.75) is 37.6 Å². The molecule has 1 aliphatic carbocycles. The van der Waals surface area contributed by atoms with Gasteiger partial charge in [-0.1, -0.05) is 27.7 Å². The number of rotatable bonds is 6. The van der Waals surface area contributed by atoms with E-state index >= 15 is 0 Å². The fourth-order valence-electron chi connectivity index (χ4n) is 2.62. The molecule has 0 saturated heterocycles. The highest BCUT2D eigenvalue weighted by Crippen LogP contribution is 2.39. The fraction of sp³-hybridized carbons (Fsp3) is 0.368. The molecule has 1 aromatic heterocycles. The first kappa shape index (κ1) is 19.8. The average molecular weight is 450 g/mol. The Balaban J connectivity index is 1.75. The number of hydrogen-bond acceptors (Lipinski definition) is 6. The Morgan fingerprint density at radius 1 is 1.30 bits per heavy atom.